The number of carbonyl (C=O) groups excluding carboxylic acids is 2. The first kappa shape index (κ1) is 16.9. The fourth-order valence-corrected chi connectivity index (χ4v) is 3.09. The van der Waals surface area contributed by atoms with Crippen molar-refractivity contribution < 1.29 is 9.59 Å². The SMILES string of the molecule is C[C@H](Sc1ncnc2ccccc12)C(=O)NNC(=O)c1ccccc1. The Bertz CT molecular complexity index is 896. The van der Waals surface area contributed by atoms with Crippen molar-refractivity contribution in [2.75, 3.05) is 0 Å². The van der Waals surface area contributed by atoms with Gasteiger partial charge in [0.2, 0.25) is 0 Å². The maximum Gasteiger partial charge on any atom is 0.269 e. The topological polar surface area (TPSA) is 84.0 Å². The Balaban J connectivity index is 1.62. The number of hydrogen-bond acceptors (Lipinski definition) is 5. The predicted molar refractivity (Wildman–Crippen MR) is 96.9 cm³/mol. The van der Waals surface area contributed by atoms with Gasteiger partial charge < -0.3 is 0 Å². The van der Waals surface area contributed by atoms with Crippen LogP contribution in [0, 0.1) is 0 Å². The molecule has 0 fully saturated rings. The maximum atomic E-state index is 12.2. The van der Waals surface area contributed by atoms with Crippen LogP contribution in [0.15, 0.2) is 66.0 Å². The summed E-state index contributed by atoms with van der Waals surface area (Å²) < 4.78 is 0. The average molecular weight is 352 g/mol. The standard InChI is InChI=1S/C18H16N4O2S/c1-12(16(23)21-22-17(24)13-7-3-2-4-8-13)25-18-14-9-5-6-10-15(14)19-11-20-18/h2-12H,1H3,(H,21,23)(H,22,24)/t12-/m0/s1. The molecule has 0 bridgehead atoms. The first-order chi connectivity index (χ1) is 12.1. The molecule has 2 aromatic carbocycles. The molecule has 0 aliphatic carbocycles. The number of thioether (sulfide) groups is 1. The van der Waals surface area contributed by atoms with Crippen molar-refractivity contribution >= 4 is 34.5 Å². The highest BCUT2D eigenvalue weighted by molar-refractivity contribution is 8.00. The molecule has 1 atom stereocenters. The van der Waals surface area contributed by atoms with E-state index in [-0.39, 0.29) is 11.8 Å². The number of fused-ring (bicyclic) bond motifs is 1. The lowest BCUT2D eigenvalue weighted by Gasteiger charge is -2.13. The van der Waals surface area contributed by atoms with Gasteiger partial charge in [-0.3, -0.25) is 20.4 Å². The molecule has 1 aromatic heterocycles. The van der Waals surface area contributed by atoms with Crippen molar-refractivity contribution in [2.24, 2.45) is 0 Å². The van der Waals surface area contributed by atoms with E-state index >= 15 is 0 Å². The maximum absolute atomic E-state index is 12.2. The number of aromatic nitrogens is 2. The molecule has 0 spiro atoms. The Morgan fingerprint density at radius 1 is 0.960 bits per heavy atom. The van der Waals surface area contributed by atoms with Gasteiger partial charge in [-0.2, -0.15) is 0 Å². The van der Waals surface area contributed by atoms with Gasteiger partial charge in [-0.1, -0.05) is 48.2 Å². The van der Waals surface area contributed by atoms with E-state index in [1.54, 1.807) is 31.2 Å². The molecule has 6 nitrogen and oxygen atoms in total. The van der Waals surface area contributed by atoms with Crippen molar-refractivity contribution in [1.29, 1.82) is 0 Å². The molecule has 0 unspecified atom stereocenters. The van der Waals surface area contributed by atoms with Gasteiger partial charge in [0.15, 0.2) is 0 Å². The van der Waals surface area contributed by atoms with Crippen LogP contribution in [0.4, 0.5) is 0 Å². The molecule has 3 aromatic rings. The number of hydrazine groups is 1. The Morgan fingerprint density at radius 3 is 2.48 bits per heavy atom. The molecule has 0 radical (unpaired) electrons. The van der Waals surface area contributed by atoms with Gasteiger partial charge in [-0.15, -0.1) is 0 Å². The van der Waals surface area contributed by atoms with Gasteiger partial charge in [0.05, 0.1) is 10.8 Å². The van der Waals surface area contributed by atoms with Gasteiger partial charge in [-0.25, -0.2) is 9.97 Å². The molecule has 7 heteroatoms. The highest BCUT2D eigenvalue weighted by atomic mass is 32.2. The zero-order valence-electron chi connectivity index (χ0n) is 13.5. The van der Waals surface area contributed by atoms with Crippen molar-refractivity contribution in [3.63, 3.8) is 0 Å². The number of amides is 2. The highest BCUT2D eigenvalue weighted by Crippen LogP contribution is 2.27. The molecular formula is C18H16N4O2S. The largest absolute Gasteiger partial charge is 0.272 e. The van der Waals surface area contributed by atoms with Crippen LogP contribution in [0.5, 0.6) is 0 Å². The minimum Gasteiger partial charge on any atom is -0.272 e. The van der Waals surface area contributed by atoms with Crippen LogP contribution in [-0.2, 0) is 4.79 Å². The number of rotatable bonds is 4. The van der Waals surface area contributed by atoms with Gasteiger partial charge in [0, 0.05) is 10.9 Å². The van der Waals surface area contributed by atoms with E-state index in [4.69, 9.17) is 0 Å². The summed E-state index contributed by atoms with van der Waals surface area (Å²) in [6, 6.07) is 16.3. The van der Waals surface area contributed by atoms with E-state index in [1.807, 2.05) is 30.3 Å². The Hall–Kier alpha value is -2.93. The fourth-order valence-electron chi connectivity index (χ4n) is 2.18. The summed E-state index contributed by atoms with van der Waals surface area (Å²) in [5, 5.41) is 1.18. The molecule has 25 heavy (non-hydrogen) atoms. The normalized spacial score (nSPS) is 11.7. The van der Waals surface area contributed by atoms with E-state index in [0.717, 1.165) is 15.9 Å². The number of hydrogen-bond donors (Lipinski definition) is 2. The van der Waals surface area contributed by atoms with Crippen molar-refractivity contribution in [2.45, 2.75) is 17.2 Å². The zero-order valence-corrected chi connectivity index (χ0v) is 14.3. The smallest absolute Gasteiger partial charge is 0.269 e. The molecule has 0 aliphatic rings. The van der Waals surface area contributed by atoms with Crippen LogP contribution in [0.2, 0.25) is 0 Å². The second kappa shape index (κ2) is 7.76. The van der Waals surface area contributed by atoms with E-state index in [2.05, 4.69) is 20.8 Å². The third-order valence-electron chi connectivity index (χ3n) is 3.50. The lowest BCUT2D eigenvalue weighted by Crippen LogP contribution is -2.44. The summed E-state index contributed by atoms with van der Waals surface area (Å²) in [7, 11) is 0. The Labute approximate surface area is 149 Å². The van der Waals surface area contributed by atoms with Crippen LogP contribution in [-0.4, -0.2) is 27.0 Å². The molecule has 126 valence electrons. The summed E-state index contributed by atoms with van der Waals surface area (Å²) in [5.74, 6) is -0.671. The lowest BCUT2D eigenvalue weighted by atomic mass is 10.2. The Morgan fingerprint density at radius 2 is 1.68 bits per heavy atom. The molecule has 3 rings (SSSR count). The first-order valence-electron chi connectivity index (χ1n) is 7.67. The van der Waals surface area contributed by atoms with Gasteiger partial charge in [0.25, 0.3) is 11.8 Å². The third-order valence-corrected chi connectivity index (χ3v) is 4.62. The van der Waals surface area contributed by atoms with E-state index in [9.17, 15) is 9.59 Å². The van der Waals surface area contributed by atoms with Gasteiger partial charge in [-0.05, 0) is 25.1 Å². The van der Waals surface area contributed by atoms with E-state index in [0.29, 0.717) is 5.56 Å². The minimum absolute atomic E-state index is 0.308. The summed E-state index contributed by atoms with van der Waals surface area (Å²) in [6.07, 6.45) is 1.48. The zero-order chi connectivity index (χ0) is 17.6. The summed E-state index contributed by atoms with van der Waals surface area (Å²) in [4.78, 5) is 32.6. The number of para-hydroxylation sites is 1. The average Bonchev–Trinajstić information content (AvgIpc) is 2.66. The van der Waals surface area contributed by atoms with Crippen molar-refractivity contribution in [3.8, 4) is 0 Å². The van der Waals surface area contributed by atoms with Crippen LogP contribution < -0.4 is 10.9 Å². The first-order valence-corrected chi connectivity index (χ1v) is 8.55. The predicted octanol–water partition coefficient (Wildman–Crippen LogP) is 2.57. The molecule has 0 aliphatic heterocycles. The summed E-state index contributed by atoms with van der Waals surface area (Å²) in [6.45, 7) is 1.76. The highest BCUT2D eigenvalue weighted by Gasteiger charge is 2.17. The number of benzene rings is 2. The monoisotopic (exact) mass is 352 g/mol. The second-order valence-corrected chi connectivity index (χ2v) is 6.59. The van der Waals surface area contributed by atoms with Gasteiger partial charge >= 0.3 is 0 Å². The lowest BCUT2D eigenvalue weighted by molar-refractivity contribution is -0.121. The molecule has 1 heterocycles. The van der Waals surface area contributed by atoms with Crippen LogP contribution in [0.3, 0.4) is 0 Å². The van der Waals surface area contributed by atoms with Crippen LogP contribution in [0.1, 0.15) is 17.3 Å². The molecule has 0 saturated heterocycles. The summed E-state index contributed by atoms with van der Waals surface area (Å²) >= 11 is 1.31. The quantitative estimate of drug-likeness (QED) is 0.428. The fraction of sp³-hybridized carbons (Fsp3) is 0.111. The number of nitrogens with one attached hydrogen (secondary N) is 2. The molecule has 2 amide bonds. The molecular weight excluding hydrogens is 336 g/mol. The third kappa shape index (κ3) is 4.13. The second-order valence-electron chi connectivity index (χ2n) is 5.27. The van der Waals surface area contributed by atoms with Crippen molar-refractivity contribution in [1.82, 2.24) is 20.8 Å². The summed E-state index contributed by atoms with van der Waals surface area (Å²) in [5.41, 5.74) is 6.17. The number of carbonyl (C=O) groups is 2. The molecule has 2 N–H and O–H groups in total. The van der Waals surface area contributed by atoms with Gasteiger partial charge in [0.1, 0.15) is 11.4 Å². The minimum atomic E-state index is -0.436. The Kier molecular flexibility index (Phi) is 5.25. The van der Waals surface area contributed by atoms with E-state index in [1.165, 1.54) is 18.1 Å². The van der Waals surface area contributed by atoms with Crippen LogP contribution in [0.25, 0.3) is 10.9 Å². The number of nitrogens with zero attached hydrogens (tertiary/aromatic N) is 2. The molecule has 0 saturated carbocycles. The van der Waals surface area contributed by atoms with Crippen LogP contribution >= 0.6 is 11.8 Å². The van der Waals surface area contributed by atoms with Crippen molar-refractivity contribution in [3.05, 3.63) is 66.5 Å². The van der Waals surface area contributed by atoms with E-state index < -0.39 is 5.25 Å².